The maximum atomic E-state index is 13.4. The van der Waals surface area contributed by atoms with Crippen LogP contribution in [0.5, 0.6) is 5.75 Å². The number of nitrogens with zero attached hydrogens (tertiary/aromatic N) is 2. The SMILES string of the molecule is CC1(C)C(Oc2ccc(C#N)c(Cl)c2)C(C)(C)C1N1Cc2cc(C#CC3CNC3)ccc2C1=O. The molecule has 2 heterocycles. The van der Waals surface area contributed by atoms with E-state index in [1.807, 2.05) is 17.0 Å². The van der Waals surface area contributed by atoms with Gasteiger partial charge in [-0.3, -0.25) is 4.79 Å². The Hall–Kier alpha value is -2.99. The lowest BCUT2D eigenvalue weighted by Crippen LogP contribution is -2.74. The van der Waals surface area contributed by atoms with E-state index in [4.69, 9.17) is 21.6 Å². The van der Waals surface area contributed by atoms with E-state index in [2.05, 4.69) is 57.0 Å². The topological polar surface area (TPSA) is 65.4 Å². The normalized spacial score (nSPS) is 24.2. The predicted molar refractivity (Wildman–Crippen MR) is 131 cm³/mol. The summed E-state index contributed by atoms with van der Waals surface area (Å²) in [7, 11) is 0. The first-order chi connectivity index (χ1) is 16.1. The van der Waals surface area contributed by atoms with Crippen molar-refractivity contribution in [3.8, 4) is 23.7 Å². The Morgan fingerprint density at radius 3 is 2.47 bits per heavy atom. The van der Waals surface area contributed by atoms with E-state index in [1.54, 1.807) is 18.2 Å². The van der Waals surface area contributed by atoms with Crippen LogP contribution in [0, 0.1) is 39.9 Å². The summed E-state index contributed by atoms with van der Waals surface area (Å²) in [5, 5.41) is 12.7. The molecule has 2 aromatic carbocycles. The molecule has 34 heavy (non-hydrogen) atoms. The van der Waals surface area contributed by atoms with Gasteiger partial charge >= 0.3 is 0 Å². The lowest BCUT2D eigenvalue weighted by Gasteiger charge is -2.65. The van der Waals surface area contributed by atoms with Gasteiger partial charge < -0.3 is 15.0 Å². The first kappa shape index (κ1) is 22.8. The molecule has 1 amide bonds. The van der Waals surface area contributed by atoms with Gasteiger partial charge in [0.1, 0.15) is 17.9 Å². The summed E-state index contributed by atoms with van der Waals surface area (Å²) in [5.74, 6) is 7.71. The molecule has 2 fully saturated rings. The molecule has 5 nitrogen and oxygen atoms in total. The van der Waals surface area contributed by atoms with Gasteiger partial charge in [-0.1, -0.05) is 51.1 Å². The second-order valence-corrected chi connectivity index (χ2v) is 11.1. The summed E-state index contributed by atoms with van der Waals surface area (Å²) in [5.41, 5.74) is 2.64. The lowest BCUT2D eigenvalue weighted by atomic mass is 9.49. The number of nitriles is 1. The highest BCUT2D eigenvalue weighted by Crippen LogP contribution is 2.59. The molecule has 1 saturated heterocycles. The summed E-state index contributed by atoms with van der Waals surface area (Å²) < 4.78 is 6.40. The molecule has 1 saturated carbocycles. The van der Waals surface area contributed by atoms with Crippen LogP contribution >= 0.6 is 11.6 Å². The van der Waals surface area contributed by atoms with Gasteiger partial charge in [0.05, 0.1) is 10.6 Å². The van der Waals surface area contributed by atoms with Crippen molar-refractivity contribution in [3.05, 3.63) is 63.7 Å². The van der Waals surface area contributed by atoms with Crippen LogP contribution in [0.3, 0.4) is 0 Å². The zero-order valence-electron chi connectivity index (χ0n) is 19.9. The third-order valence-corrected chi connectivity index (χ3v) is 7.84. The highest BCUT2D eigenvalue weighted by Gasteiger charge is 2.66. The van der Waals surface area contributed by atoms with Gasteiger partial charge in [0.2, 0.25) is 0 Å². The number of hydrogen-bond donors (Lipinski definition) is 1. The number of nitrogens with one attached hydrogen (secondary N) is 1. The van der Waals surface area contributed by atoms with E-state index >= 15 is 0 Å². The third kappa shape index (κ3) is 3.56. The Morgan fingerprint density at radius 1 is 1.12 bits per heavy atom. The van der Waals surface area contributed by atoms with E-state index in [1.165, 1.54) is 0 Å². The molecule has 0 aromatic heterocycles. The van der Waals surface area contributed by atoms with Crippen molar-refractivity contribution in [3.63, 3.8) is 0 Å². The second kappa shape index (κ2) is 8.05. The third-order valence-electron chi connectivity index (χ3n) is 7.53. The molecule has 1 aliphatic carbocycles. The molecule has 2 aromatic rings. The molecule has 0 unspecified atom stereocenters. The summed E-state index contributed by atoms with van der Waals surface area (Å²) in [6, 6.07) is 13.2. The van der Waals surface area contributed by atoms with E-state index in [0.717, 1.165) is 29.8 Å². The van der Waals surface area contributed by atoms with Crippen molar-refractivity contribution >= 4 is 17.5 Å². The minimum atomic E-state index is -0.276. The Kier molecular flexibility index (Phi) is 5.40. The van der Waals surface area contributed by atoms with E-state index in [0.29, 0.717) is 28.8 Å². The van der Waals surface area contributed by atoms with Crippen molar-refractivity contribution in [1.82, 2.24) is 10.2 Å². The Balaban J connectivity index is 1.36. The van der Waals surface area contributed by atoms with Crippen LogP contribution in [0.1, 0.15) is 54.7 Å². The lowest BCUT2D eigenvalue weighted by molar-refractivity contribution is -0.199. The molecule has 0 radical (unpaired) electrons. The van der Waals surface area contributed by atoms with Crippen LogP contribution in [0.2, 0.25) is 5.02 Å². The number of amides is 1. The van der Waals surface area contributed by atoms with Crippen LogP contribution in [-0.2, 0) is 6.54 Å². The fourth-order valence-corrected chi connectivity index (χ4v) is 6.43. The summed E-state index contributed by atoms with van der Waals surface area (Å²) in [6.45, 7) is 11.1. The van der Waals surface area contributed by atoms with Gasteiger partial charge in [0.15, 0.2) is 0 Å². The number of halogens is 1. The van der Waals surface area contributed by atoms with Crippen LogP contribution in [0.4, 0.5) is 0 Å². The van der Waals surface area contributed by atoms with E-state index < -0.39 is 0 Å². The molecule has 0 spiro atoms. The largest absolute Gasteiger partial charge is 0.489 e. The van der Waals surface area contributed by atoms with Crippen molar-refractivity contribution in [2.24, 2.45) is 16.7 Å². The minimum absolute atomic E-state index is 0.00865. The fraction of sp³-hybridized carbons (Fsp3) is 0.429. The molecule has 0 atom stereocenters. The first-order valence-electron chi connectivity index (χ1n) is 11.7. The predicted octanol–water partition coefficient (Wildman–Crippen LogP) is 4.62. The molecular weight excluding hydrogens is 446 g/mol. The molecule has 6 heteroatoms. The highest BCUT2D eigenvalue weighted by molar-refractivity contribution is 6.31. The second-order valence-electron chi connectivity index (χ2n) is 10.7. The van der Waals surface area contributed by atoms with Gasteiger partial charge in [-0.15, -0.1) is 0 Å². The van der Waals surface area contributed by atoms with Crippen molar-refractivity contribution in [2.45, 2.75) is 46.4 Å². The molecule has 2 aliphatic heterocycles. The number of fused-ring (bicyclic) bond motifs is 1. The summed E-state index contributed by atoms with van der Waals surface area (Å²) in [4.78, 5) is 15.4. The van der Waals surface area contributed by atoms with Gasteiger partial charge in [-0.05, 0) is 35.9 Å². The standard InChI is InChI=1S/C28H28ClN3O2/c1-27(2)25(28(3,4)26(27)34-21-9-8-19(13-30)23(29)12-21)32-16-20-11-17(5-6-18-14-31-15-18)7-10-22(20)24(32)33/h7-12,18,25-26,31H,14-16H2,1-4H3. The highest BCUT2D eigenvalue weighted by atomic mass is 35.5. The summed E-state index contributed by atoms with van der Waals surface area (Å²) in [6.07, 6.45) is -0.122. The number of carbonyl (C=O) groups is 1. The Labute approximate surface area is 206 Å². The zero-order valence-corrected chi connectivity index (χ0v) is 20.7. The van der Waals surface area contributed by atoms with Crippen LogP contribution in [0.15, 0.2) is 36.4 Å². The molecule has 1 N–H and O–H groups in total. The average molecular weight is 474 g/mol. The number of carbonyl (C=O) groups excluding carboxylic acids is 1. The smallest absolute Gasteiger partial charge is 0.254 e. The monoisotopic (exact) mass is 473 g/mol. The van der Waals surface area contributed by atoms with E-state index in [-0.39, 0.29) is 28.9 Å². The van der Waals surface area contributed by atoms with Gasteiger partial charge in [0, 0.05) is 59.6 Å². The minimum Gasteiger partial charge on any atom is -0.489 e. The quantitative estimate of drug-likeness (QED) is 0.660. The van der Waals surface area contributed by atoms with Crippen molar-refractivity contribution < 1.29 is 9.53 Å². The van der Waals surface area contributed by atoms with Crippen molar-refractivity contribution in [1.29, 1.82) is 5.26 Å². The molecular formula is C28H28ClN3O2. The number of benzene rings is 2. The molecule has 5 rings (SSSR count). The van der Waals surface area contributed by atoms with Gasteiger partial charge in [-0.2, -0.15) is 5.26 Å². The first-order valence-corrected chi connectivity index (χ1v) is 12.0. The van der Waals surface area contributed by atoms with Crippen LogP contribution in [0.25, 0.3) is 0 Å². The molecule has 0 bridgehead atoms. The maximum Gasteiger partial charge on any atom is 0.254 e. The Bertz CT molecular complexity index is 1260. The Morgan fingerprint density at radius 2 is 1.85 bits per heavy atom. The number of hydrogen-bond acceptors (Lipinski definition) is 4. The zero-order chi connectivity index (χ0) is 24.3. The number of rotatable bonds is 3. The maximum absolute atomic E-state index is 13.4. The molecule has 3 aliphatic rings. The number of ether oxygens (including phenoxy) is 1. The van der Waals surface area contributed by atoms with Gasteiger partial charge in [-0.25, -0.2) is 0 Å². The van der Waals surface area contributed by atoms with Gasteiger partial charge in [0.25, 0.3) is 5.91 Å². The average Bonchev–Trinajstić information content (AvgIpc) is 3.05. The van der Waals surface area contributed by atoms with Crippen molar-refractivity contribution in [2.75, 3.05) is 13.1 Å². The van der Waals surface area contributed by atoms with E-state index in [9.17, 15) is 4.79 Å². The summed E-state index contributed by atoms with van der Waals surface area (Å²) >= 11 is 6.22. The molecule has 174 valence electrons. The van der Waals surface area contributed by atoms with Crippen LogP contribution in [-0.4, -0.2) is 36.0 Å². The van der Waals surface area contributed by atoms with Crippen LogP contribution < -0.4 is 10.1 Å². The fourth-order valence-electron chi connectivity index (χ4n) is 6.22.